The summed E-state index contributed by atoms with van der Waals surface area (Å²) in [6.45, 7) is 22.7. The van der Waals surface area contributed by atoms with Crippen molar-refractivity contribution in [3.8, 4) is 45.8 Å². The summed E-state index contributed by atoms with van der Waals surface area (Å²) < 4.78 is 0. The number of unbranched alkanes of at least 4 members (excludes halogenated alkanes) is 6. The molecule has 354 valence electrons. The number of aromatic nitrogens is 4. The minimum Gasteiger partial charge on any atom is -0.355 e. The van der Waals surface area contributed by atoms with Crippen molar-refractivity contribution in [1.29, 1.82) is 0 Å². The highest BCUT2D eigenvalue weighted by Crippen LogP contribution is 2.42. The Labute approximate surface area is 417 Å². The number of nitrogens with zero attached hydrogens (tertiary/aromatic N) is 2. The Balaban J connectivity index is 1.48. The monoisotopic (exact) mass is 939 g/mol. The molecule has 7 heterocycles. The Morgan fingerprint density at radius 1 is 0.456 bits per heavy atom. The fraction of sp³-hybridized carbons (Fsp3) is 0.452. The van der Waals surface area contributed by atoms with Crippen LogP contribution in [0.25, 0.3) is 54.1 Å². The molecule has 7 rings (SSSR count). The molecule has 0 atom stereocenters. The molecule has 0 amide bonds. The van der Waals surface area contributed by atoms with Crippen LogP contribution in [0.15, 0.2) is 30.3 Å². The third kappa shape index (κ3) is 10.5. The zero-order valence-corrected chi connectivity index (χ0v) is 44.5. The molecule has 2 aliphatic rings. The molecule has 68 heavy (non-hydrogen) atoms. The minimum atomic E-state index is 0.844. The van der Waals surface area contributed by atoms with Gasteiger partial charge in [-0.1, -0.05) is 114 Å². The predicted molar refractivity (Wildman–Crippen MR) is 298 cm³/mol. The SMILES string of the molecule is C#Cc1sc(-c2cc(CCCCCC)c(C#CC#Cc3c4nc(cc5[nH]c(cc6[nH]c(cc7nc3C(CC)=C7CC)c(CC)c6CC)c(CC)c5CC)C(CC)=C4CC)s2)cc1CCCCCC. The molecule has 4 nitrogen and oxygen atoms in total. The van der Waals surface area contributed by atoms with Gasteiger partial charge < -0.3 is 9.97 Å². The lowest BCUT2D eigenvalue weighted by molar-refractivity contribution is 0.667. The van der Waals surface area contributed by atoms with Gasteiger partial charge in [-0.15, -0.1) is 29.1 Å². The van der Waals surface area contributed by atoms with Gasteiger partial charge in [-0.3, -0.25) is 0 Å². The van der Waals surface area contributed by atoms with E-state index in [1.54, 1.807) is 22.7 Å². The van der Waals surface area contributed by atoms with Gasteiger partial charge in [0.15, 0.2) is 0 Å². The summed E-state index contributed by atoms with van der Waals surface area (Å²) in [5.41, 5.74) is 22.6. The van der Waals surface area contributed by atoms with Crippen LogP contribution in [0.4, 0.5) is 0 Å². The molecule has 2 aliphatic heterocycles. The number of hydrogen-bond acceptors (Lipinski definition) is 4. The maximum atomic E-state index is 6.08. The molecule has 0 radical (unpaired) electrons. The highest BCUT2D eigenvalue weighted by atomic mass is 32.1. The summed E-state index contributed by atoms with van der Waals surface area (Å²) in [6, 6.07) is 11.7. The van der Waals surface area contributed by atoms with Crippen LogP contribution in [0, 0.1) is 36.0 Å². The van der Waals surface area contributed by atoms with Gasteiger partial charge in [0.1, 0.15) is 0 Å². The van der Waals surface area contributed by atoms with Crippen LogP contribution >= 0.6 is 22.7 Å². The lowest BCUT2D eigenvalue weighted by Gasteiger charge is -2.08. The van der Waals surface area contributed by atoms with Crippen LogP contribution in [0.3, 0.4) is 0 Å². The molecule has 0 aliphatic carbocycles. The van der Waals surface area contributed by atoms with Gasteiger partial charge >= 0.3 is 0 Å². The number of allylic oxidation sites excluding steroid dienone is 4. The molecule has 5 aromatic rings. The van der Waals surface area contributed by atoms with Crippen LogP contribution in [-0.4, -0.2) is 19.9 Å². The van der Waals surface area contributed by atoms with Crippen LogP contribution in [0.2, 0.25) is 0 Å². The van der Waals surface area contributed by atoms with Crippen molar-refractivity contribution in [2.45, 2.75) is 185 Å². The summed E-state index contributed by atoms with van der Waals surface area (Å²) >= 11 is 3.55. The molecule has 0 unspecified atom stereocenters. The minimum absolute atomic E-state index is 0.844. The fourth-order valence-electron chi connectivity index (χ4n) is 10.7. The van der Waals surface area contributed by atoms with Gasteiger partial charge in [0.25, 0.3) is 0 Å². The average molecular weight is 939 g/mol. The van der Waals surface area contributed by atoms with Gasteiger partial charge in [-0.2, -0.15) is 0 Å². The molecule has 0 spiro atoms. The van der Waals surface area contributed by atoms with E-state index >= 15 is 0 Å². The molecule has 0 fully saturated rings. The summed E-state index contributed by atoms with van der Waals surface area (Å²) in [4.78, 5) is 23.7. The van der Waals surface area contributed by atoms with E-state index in [0.29, 0.717) is 0 Å². The van der Waals surface area contributed by atoms with Crippen LogP contribution in [0.1, 0.15) is 218 Å². The van der Waals surface area contributed by atoms with E-state index in [1.165, 1.54) is 121 Å². The number of aromatic amines is 2. The predicted octanol–water partition coefficient (Wildman–Crippen LogP) is 17.4. The van der Waals surface area contributed by atoms with E-state index in [-0.39, 0.29) is 0 Å². The Kier molecular flexibility index (Phi) is 17.7. The fourth-order valence-corrected chi connectivity index (χ4v) is 12.8. The number of terminal acetylenes is 1. The van der Waals surface area contributed by atoms with E-state index < -0.39 is 0 Å². The number of fused-ring (bicyclic) bond motifs is 8. The average Bonchev–Trinajstić information content (AvgIpc) is 4.21. The Bertz CT molecular complexity index is 2920. The first-order valence-corrected chi connectivity index (χ1v) is 27.9. The number of thiophene rings is 2. The van der Waals surface area contributed by atoms with Crippen molar-refractivity contribution in [2.75, 3.05) is 0 Å². The van der Waals surface area contributed by atoms with Crippen LogP contribution < -0.4 is 0 Å². The van der Waals surface area contributed by atoms with Crippen molar-refractivity contribution in [3.05, 3.63) is 102 Å². The molecule has 0 saturated heterocycles. The third-order valence-electron chi connectivity index (χ3n) is 14.1. The van der Waals surface area contributed by atoms with E-state index in [0.717, 1.165) is 120 Å². The zero-order chi connectivity index (χ0) is 48.3. The summed E-state index contributed by atoms with van der Waals surface area (Å²) in [6.07, 6.45) is 25.1. The molecular weight excluding hydrogens is 865 g/mol. The zero-order valence-electron chi connectivity index (χ0n) is 42.9. The Hall–Kier alpha value is -5.32. The normalized spacial score (nSPS) is 12.4. The first kappa shape index (κ1) is 50.6. The molecule has 0 saturated carbocycles. The highest BCUT2D eigenvalue weighted by Gasteiger charge is 2.27. The first-order valence-electron chi connectivity index (χ1n) is 26.2. The Morgan fingerprint density at radius 3 is 1.28 bits per heavy atom. The topological polar surface area (TPSA) is 57.4 Å². The summed E-state index contributed by atoms with van der Waals surface area (Å²) in [7, 11) is 0. The van der Waals surface area contributed by atoms with Crippen molar-refractivity contribution in [2.24, 2.45) is 0 Å². The van der Waals surface area contributed by atoms with Gasteiger partial charge in [0, 0.05) is 31.8 Å². The molecule has 2 N–H and O–H groups in total. The number of hydrogen-bond donors (Lipinski definition) is 2. The van der Waals surface area contributed by atoms with Crippen molar-refractivity contribution in [3.63, 3.8) is 0 Å². The second-order valence-corrected chi connectivity index (χ2v) is 20.4. The smallest absolute Gasteiger partial charge is 0.0851 e. The van der Waals surface area contributed by atoms with E-state index in [4.69, 9.17) is 16.4 Å². The molecule has 6 heteroatoms. The van der Waals surface area contributed by atoms with E-state index in [1.807, 2.05) is 0 Å². The standard InChI is InChI=1S/C62H74N4S2/c1-12-23-25-27-31-40-35-59(67-57(40)22-11)60-36-41(32-28-26-24-13-2)58(68-60)34-30-29-33-50-61-48(20-9)46(18-7)55(65-61)38-53-44(16-5)42(14-3)51(63-53)37-52-43(15-4)45(17-6)54(64-52)39-56-47(19-8)49(21-10)62(50)66-56/h11,35-39,63-64H,12-21,23-28,31-32H2,1-10H3. The Morgan fingerprint density at radius 2 is 0.868 bits per heavy atom. The van der Waals surface area contributed by atoms with Gasteiger partial charge in [0.05, 0.1) is 38.1 Å². The third-order valence-corrected chi connectivity index (χ3v) is 16.5. The largest absolute Gasteiger partial charge is 0.355 e. The maximum Gasteiger partial charge on any atom is 0.0851 e. The number of rotatable bonds is 19. The number of nitrogens with one attached hydrogen (secondary N) is 2. The maximum absolute atomic E-state index is 6.08. The van der Waals surface area contributed by atoms with Crippen LogP contribution in [-0.2, 0) is 38.5 Å². The van der Waals surface area contributed by atoms with Gasteiger partial charge in [-0.25, -0.2) is 9.97 Å². The molecule has 0 aromatic carbocycles. The van der Waals surface area contributed by atoms with Crippen molar-refractivity contribution < 1.29 is 0 Å². The van der Waals surface area contributed by atoms with Crippen molar-refractivity contribution in [1.82, 2.24) is 19.9 Å². The second-order valence-electron chi connectivity index (χ2n) is 18.3. The lowest BCUT2D eigenvalue weighted by atomic mass is 9.94. The summed E-state index contributed by atoms with van der Waals surface area (Å²) in [5, 5.41) is 0. The number of H-pyrrole nitrogens is 2. The summed E-state index contributed by atoms with van der Waals surface area (Å²) in [5.74, 6) is 17.1. The first-order chi connectivity index (χ1) is 33.2. The second kappa shape index (κ2) is 23.8. The van der Waals surface area contributed by atoms with Gasteiger partial charge in [-0.05, 0) is 187 Å². The molecule has 5 aromatic heterocycles. The number of aryl methyl sites for hydroxylation is 6. The molecule has 8 bridgehead atoms. The van der Waals surface area contributed by atoms with Gasteiger partial charge in [0.2, 0.25) is 0 Å². The van der Waals surface area contributed by atoms with E-state index in [2.05, 4.69) is 139 Å². The molecular formula is C62H74N4S2. The lowest BCUT2D eigenvalue weighted by Crippen LogP contribution is -1.95. The van der Waals surface area contributed by atoms with Crippen LogP contribution in [0.5, 0.6) is 0 Å². The quantitative estimate of drug-likeness (QED) is 0.0640. The highest BCUT2D eigenvalue weighted by molar-refractivity contribution is 7.22. The van der Waals surface area contributed by atoms with Crippen molar-refractivity contribution >= 4 is 67.0 Å². The van der Waals surface area contributed by atoms with E-state index in [9.17, 15) is 0 Å².